The molecule has 1 heterocycles. The Morgan fingerprint density at radius 3 is 2.35 bits per heavy atom. The van der Waals surface area contributed by atoms with Gasteiger partial charge in [0.05, 0.1) is 21.8 Å². The van der Waals surface area contributed by atoms with Crippen molar-refractivity contribution >= 4 is 34.6 Å². The van der Waals surface area contributed by atoms with Crippen molar-refractivity contribution in [3.05, 3.63) is 64.4 Å². The molecule has 0 aliphatic carbocycles. The van der Waals surface area contributed by atoms with Crippen LogP contribution in [0.1, 0.15) is 33.3 Å². The molecule has 31 heavy (non-hydrogen) atoms. The van der Waals surface area contributed by atoms with Crippen LogP contribution >= 0.6 is 11.8 Å². The number of rotatable bonds is 4. The Kier molecular flexibility index (Phi) is 6.50. The number of amides is 3. The maximum Gasteiger partial charge on any atom is 0.321 e. The predicted molar refractivity (Wildman–Crippen MR) is 124 cm³/mol. The number of carbonyl (C=O) groups excluding carboxylic acids is 2. The first kappa shape index (κ1) is 22.6. The van der Waals surface area contributed by atoms with Crippen molar-refractivity contribution in [2.24, 2.45) is 0 Å². The van der Waals surface area contributed by atoms with Gasteiger partial charge in [-0.2, -0.15) is 0 Å². The molecule has 1 atom stereocenters. The Morgan fingerprint density at radius 2 is 1.71 bits per heavy atom. The summed E-state index contributed by atoms with van der Waals surface area (Å²) in [6.45, 7) is 9.12. The number of fused-ring (bicyclic) bond motifs is 1. The fourth-order valence-corrected chi connectivity index (χ4v) is 3.84. The molecule has 1 aromatic heterocycles. The molecule has 2 N–H and O–H groups in total. The normalized spacial score (nSPS) is 12.4. The summed E-state index contributed by atoms with van der Waals surface area (Å²) < 4.78 is 1.51. The standard InChI is InChI=1S/C23H26N4O3S/c1-14-10-12-16(13-11-14)27-20(29)17-8-6-7-9-18(17)24-22(27)31-15(2)19(28)25-21(30)26-23(3,4)5/h6-13,15H,1-5H3,(H2,25,26,28,30). The summed E-state index contributed by atoms with van der Waals surface area (Å²) in [6.07, 6.45) is 0. The molecule has 162 valence electrons. The molecule has 0 spiro atoms. The number of carbonyl (C=O) groups is 2. The molecule has 2 aromatic carbocycles. The maximum atomic E-state index is 13.3. The minimum atomic E-state index is -0.657. The second-order valence-corrected chi connectivity index (χ2v) is 9.65. The van der Waals surface area contributed by atoms with Crippen molar-refractivity contribution in [3.63, 3.8) is 0 Å². The highest BCUT2D eigenvalue weighted by Gasteiger charge is 2.23. The summed E-state index contributed by atoms with van der Waals surface area (Å²) in [4.78, 5) is 42.5. The molecule has 0 fully saturated rings. The van der Waals surface area contributed by atoms with Gasteiger partial charge in [0, 0.05) is 5.54 Å². The summed E-state index contributed by atoms with van der Waals surface area (Å²) in [6, 6.07) is 14.1. The smallest absolute Gasteiger partial charge is 0.321 e. The number of imide groups is 1. The van der Waals surface area contributed by atoms with E-state index in [4.69, 9.17) is 0 Å². The highest BCUT2D eigenvalue weighted by Crippen LogP contribution is 2.25. The lowest BCUT2D eigenvalue weighted by Gasteiger charge is -2.21. The van der Waals surface area contributed by atoms with E-state index < -0.39 is 22.7 Å². The fraction of sp³-hybridized carbons (Fsp3) is 0.304. The first-order chi connectivity index (χ1) is 14.5. The molecule has 3 rings (SSSR count). The minimum absolute atomic E-state index is 0.213. The molecule has 3 aromatic rings. The van der Waals surface area contributed by atoms with Crippen LogP contribution in [0.15, 0.2) is 58.5 Å². The number of benzene rings is 2. The molecule has 8 heteroatoms. The molecule has 0 aliphatic heterocycles. The summed E-state index contributed by atoms with van der Waals surface area (Å²) in [7, 11) is 0. The first-order valence-electron chi connectivity index (χ1n) is 9.93. The lowest BCUT2D eigenvalue weighted by molar-refractivity contribution is -0.119. The molecule has 0 radical (unpaired) electrons. The van der Waals surface area contributed by atoms with E-state index in [-0.39, 0.29) is 5.56 Å². The second-order valence-electron chi connectivity index (χ2n) is 8.34. The monoisotopic (exact) mass is 438 g/mol. The molecule has 0 bridgehead atoms. The summed E-state index contributed by atoms with van der Waals surface area (Å²) in [5.41, 5.74) is 1.60. The van der Waals surface area contributed by atoms with Crippen LogP contribution in [0.2, 0.25) is 0 Å². The van der Waals surface area contributed by atoms with E-state index in [9.17, 15) is 14.4 Å². The van der Waals surface area contributed by atoms with Gasteiger partial charge in [-0.25, -0.2) is 9.78 Å². The van der Waals surface area contributed by atoms with E-state index in [0.29, 0.717) is 21.7 Å². The number of nitrogens with one attached hydrogen (secondary N) is 2. The van der Waals surface area contributed by atoms with Crippen molar-refractivity contribution in [1.82, 2.24) is 20.2 Å². The Labute approximate surface area is 185 Å². The maximum absolute atomic E-state index is 13.3. The molecule has 0 saturated heterocycles. The average molecular weight is 439 g/mol. The van der Waals surface area contributed by atoms with E-state index in [1.807, 2.05) is 58.0 Å². The zero-order valence-electron chi connectivity index (χ0n) is 18.2. The zero-order chi connectivity index (χ0) is 22.8. The van der Waals surface area contributed by atoms with Crippen molar-refractivity contribution in [2.45, 2.75) is 50.6 Å². The van der Waals surface area contributed by atoms with Gasteiger partial charge in [0.1, 0.15) is 0 Å². The molecule has 7 nitrogen and oxygen atoms in total. The van der Waals surface area contributed by atoms with Crippen molar-refractivity contribution in [1.29, 1.82) is 0 Å². The third-order valence-electron chi connectivity index (χ3n) is 4.41. The number of nitrogens with zero attached hydrogens (tertiary/aromatic N) is 2. The Balaban J connectivity index is 1.96. The molecule has 1 unspecified atom stereocenters. The third-order valence-corrected chi connectivity index (χ3v) is 5.47. The second kappa shape index (κ2) is 8.93. The number of hydrogen-bond acceptors (Lipinski definition) is 5. The van der Waals surface area contributed by atoms with Crippen LogP contribution in [0.5, 0.6) is 0 Å². The van der Waals surface area contributed by atoms with Crippen LogP contribution in [-0.4, -0.2) is 32.3 Å². The molecule has 0 saturated carbocycles. The van der Waals surface area contributed by atoms with Gasteiger partial charge in [-0.3, -0.25) is 19.5 Å². The highest BCUT2D eigenvalue weighted by molar-refractivity contribution is 8.00. The van der Waals surface area contributed by atoms with Gasteiger partial charge in [-0.1, -0.05) is 41.6 Å². The number of aryl methyl sites for hydroxylation is 1. The van der Waals surface area contributed by atoms with E-state index >= 15 is 0 Å². The lowest BCUT2D eigenvalue weighted by Crippen LogP contribution is -2.49. The Bertz CT molecular complexity index is 1180. The Morgan fingerprint density at radius 1 is 1.06 bits per heavy atom. The van der Waals surface area contributed by atoms with Gasteiger partial charge < -0.3 is 5.32 Å². The quantitative estimate of drug-likeness (QED) is 0.477. The molecule has 3 amide bonds. The van der Waals surface area contributed by atoms with Crippen LogP contribution in [0.3, 0.4) is 0 Å². The number of aromatic nitrogens is 2. The van der Waals surface area contributed by atoms with Gasteiger partial charge in [0.25, 0.3) is 5.56 Å². The van der Waals surface area contributed by atoms with E-state index in [2.05, 4.69) is 15.6 Å². The summed E-state index contributed by atoms with van der Waals surface area (Å²) >= 11 is 1.13. The van der Waals surface area contributed by atoms with Crippen LogP contribution in [0.25, 0.3) is 16.6 Å². The molecule has 0 aliphatic rings. The Hall–Kier alpha value is -3.13. The third kappa shape index (κ3) is 5.52. The zero-order valence-corrected chi connectivity index (χ0v) is 19.0. The van der Waals surface area contributed by atoms with Gasteiger partial charge in [0.2, 0.25) is 5.91 Å². The van der Waals surface area contributed by atoms with E-state index in [0.717, 1.165) is 17.3 Å². The van der Waals surface area contributed by atoms with Gasteiger partial charge >= 0.3 is 6.03 Å². The van der Waals surface area contributed by atoms with Gasteiger partial charge in [-0.15, -0.1) is 0 Å². The average Bonchev–Trinajstić information content (AvgIpc) is 2.68. The largest absolute Gasteiger partial charge is 0.333 e. The number of para-hydroxylation sites is 1. The van der Waals surface area contributed by atoms with Crippen LogP contribution < -0.4 is 16.2 Å². The molecular weight excluding hydrogens is 412 g/mol. The number of hydrogen-bond donors (Lipinski definition) is 2. The summed E-state index contributed by atoms with van der Waals surface area (Å²) in [5.74, 6) is -0.468. The van der Waals surface area contributed by atoms with Gasteiger partial charge in [-0.05, 0) is 58.9 Å². The minimum Gasteiger partial charge on any atom is -0.333 e. The number of thioether (sulfide) groups is 1. The van der Waals surface area contributed by atoms with Crippen molar-refractivity contribution < 1.29 is 9.59 Å². The first-order valence-corrected chi connectivity index (χ1v) is 10.8. The van der Waals surface area contributed by atoms with Crippen LogP contribution in [-0.2, 0) is 4.79 Å². The fourth-order valence-electron chi connectivity index (χ4n) is 2.91. The lowest BCUT2D eigenvalue weighted by atomic mass is 10.1. The van der Waals surface area contributed by atoms with E-state index in [1.54, 1.807) is 25.1 Å². The van der Waals surface area contributed by atoms with Gasteiger partial charge in [0.15, 0.2) is 5.16 Å². The molecular formula is C23H26N4O3S. The van der Waals surface area contributed by atoms with Crippen LogP contribution in [0.4, 0.5) is 4.79 Å². The highest BCUT2D eigenvalue weighted by atomic mass is 32.2. The van der Waals surface area contributed by atoms with Crippen molar-refractivity contribution in [2.75, 3.05) is 0 Å². The predicted octanol–water partition coefficient (Wildman–Crippen LogP) is 3.80. The summed E-state index contributed by atoms with van der Waals surface area (Å²) in [5, 5.41) is 5.26. The van der Waals surface area contributed by atoms with Crippen molar-refractivity contribution in [3.8, 4) is 5.69 Å². The SMILES string of the molecule is Cc1ccc(-n2c(SC(C)C(=O)NC(=O)NC(C)(C)C)nc3ccccc3c2=O)cc1. The van der Waals surface area contributed by atoms with Crippen LogP contribution in [0, 0.1) is 6.92 Å². The topological polar surface area (TPSA) is 93.1 Å². The number of urea groups is 1. The van der Waals surface area contributed by atoms with E-state index in [1.165, 1.54) is 4.57 Å².